The Labute approximate surface area is 204 Å². The first-order valence-corrected chi connectivity index (χ1v) is 11.7. The van der Waals surface area contributed by atoms with Crippen LogP contribution in [0.2, 0.25) is 5.02 Å². The van der Waals surface area contributed by atoms with Crippen LogP contribution < -0.4 is 15.8 Å². The van der Waals surface area contributed by atoms with Crippen molar-refractivity contribution in [1.29, 1.82) is 0 Å². The Hall–Kier alpha value is -3.35. The van der Waals surface area contributed by atoms with Crippen molar-refractivity contribution in [2.45, 2.75) is 26.0 Å². The van der Waals surface area contributed by atoms with Crippen LogP contribution in [0.3, 0.4) is 0 Å². The molecule has 34 heavy (non-hydrogen) atoms. The van der Waals surface area contributed by atoms with Crippen LogP contribution in [0.25, 0.3) is 0 Å². The summed E-state index contributed by atoms with van der Waals surface area (Å²) in [5, 5.41) is 3.61. The highest BCUT2D eigenvalue weighted by Crippen LogP contribution is 2.23. The summed E-state index contributed by atoms with van der Waals surface area (Å²) in [6.45, 7) is 2.73. The molecular formula is C27H28ClN3O3. The average Bonchev–Trinajstić information content (AvgIpc) is 2.85. The molecule has 0 aromatic heterocycles. The van der Waals surface area contributed by atoms with Gasteiger partial charge in [-0.15, -0.1) is 0 Å². The van der Waals surface area contributed by atoms with Crippen molar-refractivity contribution >= 4 is 29.1 Å². The number of likely N-dealkylation sites (tertiary alicyclic amines) is 1. The summed E-state index contributed by atoms with van der Waals surface area (Å²) in [6, 6.07) is 22.3. The monoisotopic (exact) mass is 477 g/mol. The number of halogens is 1. The maximum absolute atomic E-state index is 12.9. The van der Waals surface area contributed by atoms with E-state index in [1.54, 1.807) is 12.1 Å². The van der Waals surface area contributed by atoms with Gasteiger partial charge in [0.05, 0.1) is 11.5 Å². The Morgan fingerprint density at radius 2 is 1.71 bits per heavy atom. The highest BCUT2D eigenvalue weighted by atomic mass is 35.5. The number of nitrogens with one attached hydrogen (secondary N) is 1. The number of piperidine rings is 1. The number of anilines is 1. The molecule has 3 aromatic rings. The number of para-hydroxylation sites is 1. The number of carbonyl (C=O) groups excluding carboxylic acids is 2. The van der Waals surface area contributed by atoms with Crippen molar-refractivity contribution in [1.82, 2.24) is 4.90 Å². The van der Waals surface area contributed by atoms with E-state index in [1.165, 1.54) is 0 Å². The lowest BCUT2D eigenvalue weighted by Gasteiger charge is -2.31. The molecule has 0 radical (unpaired) electrons. The molecule has 0 bridgehead atoms. The smallest absolute Gasteiger partial charge is 0.259 e. The van der Waals surface area contributed by atoms with Crippen molar-refractivity contribution < 1.29 is 14.3 Å². The molecule has 1 saturated heterocycles. The third kappa shape index (κ3) is 6.37. The number of ether oxygens (including phenoxy) is 1. The SMILES string of the molecule is NC(=O)C1CCCN(Cc2ccc(NC(=O)c3ccccc3OCc3ccc(Cl)cc3)cc2)C1. The van der Waals surface area contributed by atoms with Gasteiger partial charge in [-0.1, -0.05) is 48.0 Å². The third-order valence-electron chi connectivity index (χ3n) is 5.97. The van der Waals surface area contributed by atoms with Gasteiger partial charge in [-0.25, -0.2) is 0 Å². The third-order valence-corrected chi connectivity index (χ3v) is 6.22. The predicted octanol–water partition coefficient (Wildman–Crippen LogP) is 4.87. The highest BCUT2D eigenvalue weighted by Gasteiger charge is 2.23. The van der Waals surface area contributed by atoms with Gasteiger partial charge in [-0.05, 0) is 66.9 Å². The summed E-state index contributed by atoms with van der Waals surface area (Å²) in [7, 11) is 0. The van der Waals surface area contributed by atoms with E-state index in [-0.39, 0.29) is 17.7 Å². The molecule has 1 atom stereocenters. The summed E-state index contributed by atoms with van der Waals surface area (Å²) in [5.74, 6) is -0.0186. The quantitative estimate of drug-likeness (QED) is 0.484. The Balaban J connectivity index is 1.35. The highest BCUT2D eigenvalue weighted by molar-refractivity contribution is 6.30. The van der Waals surface area contributed by atoms with Gasteiger partial charge < -0.3 is 15.8 Å². The number of hydrogen-bond donors (Lipinski definition) is 2. The minimum atomic E-state index is -0.236. The topological polar surface area (TPSA) is 84.7 Å². The zero-order valence-electron chi connectivity index (χ0n) is 18.9. The molecule has 1 heterocycles. The van der Waals surface area contributed by atoms with Crippen LogP contribution in [0.4, 0.5) is 5.69 Å². The number of hydrogen-bond acceptors (Lipinski definition) is 4. The number of nitrogens with two attached hydrogens (primary N) is 1. The lowest BCUT2D eigenvalue weighted by Crippen LogP contribution is -2.40. The fourth-order valence-electron chi connectivity index (χ4n) is 4.10. The Bertz CT molecular complexity index is 1130. The second-order valence-electron chi connectivity index (χ2n) is 8.54. The standard InChI is InChI=1S/C27H28ClN3O3/c28-22-11-7-20(8-12-22)18-34-25-6-2-1-5-24(25)27(33)30-23-13-9-19(10-14-23)16-31-15-3-4-21(17-31)26(29)32/h1-2,5-14,21H,3-4,15-18H2,(H2,29,32)(H,30,33). The van der Waals surface area contributed by atoms with Crippen molar-refractivity contribution in [2.24, 2.45) is 11.7 Å². The molecule has 0 aliphatic carbocycles. The number of benzene rings is 3. The molecule has 2 amide bonds. The van der Waals surface area contributed by atoms with Crippen LogP contribution in [-0.4, -0.2) is 29.8 Å². The average molecular weight is 478 g/mol. The zero-order chi connectivity index (χ0) is 23.9. The molecule has 176 valence electrons. The summed E-state index contributed by atoms with van der Waals surface area (Å²) >= 11 is 5.94. The van der Waals surface area contributed by atoms with Gasteiger partial charge in [-0.3, -0.25) is 14.5 Å². The summed E-state index contributed by atoms with van der Waals surface area (Å²) in [6.07, 6.45) is 1.84. The van der Waals surface area contributed by atoms with E-state index in [0.29, 0.717) is 35.2 Å². The molecule has 0 spiro atoms. The van der Waals surface area contributed by atoms with Gasteiger partial charge >= 0.3 is 0 Å². The first-order chi connectivity index (χ1) is 16.5. The second kappa shape index (κ2) is 11.2. The minimum Gasteiger partial charge on any atom is -0.488 e. The van der Waals surface area contributed by atoms with E-state index >= 15 is 0 Å². The molecule has 1 aliphatic heterocycles. The molecule has 4 rings (SSSR count). The fourth-order valence-corrected chi connectivity index (χ4v) is 4.23. The summed E-state index contributed by atoms with van der Waals surface area (Å²) in [4.78, 5) is 26.7. The van der Waals surface area contributed by atoms with Gasteiger partial charge in [0.2, 0.25) is 5.91 Å². The predicted molar refractivity (Wildman–Crippen MR) is 134 cm³/mol. The lowest BCUT2D eigenvalue weighted by atomic mass is 9.97. The largest absolute Gasteiger partial charge is 0.488 e. The maximum Gasteiger partial charge on any atom is 0.259 e. The number of carbonyl (C=O) groups is 2. The Morgan fingerprint density at radius 3 is 2.44 bits per heavy atom. The normalized spacial score (nSPS) is 16.1. The molecule has 3 aromatic carbocycles. The van der Waals surface area contributed by atoms with Gasteiger partial charge in [0.15, 0.2) is 0 Å². The lowest BCUT2D eigenvalue weighted by molar-refractivity contribution is -0.123. The van der Waals surface area contributed by atoms with E-state index < -0.39 is 0 Å². The van der Waals surface area contributed by atoms with E-state index in [1.807, 2.05) is 60.7 Å². The molecular weight excluding hydrogens is 450 g/mol. The number of amides is 2. The van der Waals surface area contributed by atoms with Crippen LogP contribution in [0.5, 0.6) is 5.75 Å². The number of primary amides is 1. The van der Waals surface area contributed by atoms with E-state index in [2.05, 4.69) is 10.2 Å². The van der Waals surface area contributed by atoms with Crippen molar-refractivity contribution in [3.8, 4) is 5.75 Å². The molecule has 6 nitrogen and oxygen atoms in total. The van der Waals surface area contributed by atoms with Crippen LogP contribution in [-0.2, 0) is 17.9 Å². The number of rotatable bonds is 8. The van der Waals surface area contributed by atoms with Gasteiger partial charge in [-0.2, -0.15) is 0 Å². The van der Waals surface area contributed by atoms with Gasteiger partial charge in [0.25, 0.3) is 5.91 Å². The maximum atomic E-state index is 12.9. The van der Waals surface area contributed by atoms with E-state index in [0.717, 1.165) is 37.1 Å². The summed E-state index contributed by atoms with van der Waals surface area (Å²) < 4.78 is 5.91. The molecule has 1 unspecified atom stereocenters. The molecule has 3 N–H and O–H groups in total. The van der Waals surface area contributed by atoms with Gasteiger partial charge in [0, 0.05) is 23.8 Å². The fraction of sp³-hybridized carbons (Fsp3) is 0.259. The van der Waals surface area contributed by atoms with Crippen molar-refractivity contribution in [3.05, 3.63) is 94.5 Å². The van der Waals surface area contributed by atoms with Crippen LogP contribution in [0, 0.1) is 5.92 Å². The van der Waals surface area contributed by atoms with E-state index in [4.69, 9.17) is 22.1 Å². The number of nitrogens with zero attached hydrogens (tertiary/aromatic N) is 1. The molecule has 7 heteroatoms. The van der Waals surface area contributed by atoms with Crippen molar-refractivity contribution in [3.63, 3.8) is 0 Å². The first kappa shape index (κ1) is 23.8. The van der Waals surface area contributed by atoms with Crippen LogP contribution >= 0.6 is 11.6 Å². The first-order valence-electron chi connectivity index (χ1n) is 11.4. The molecule has 0 saturated carbocycles. The Kier molecular flexibility index (Phi) is 7.83. The van der Waals surface area contributed by atoms with Crippen LogP contribution in [0.15, 0.2) is 72.8 Å². The summed E-state index contributed by atoms with van der Waals surface area (Å²) in [5.41, 5.74) is 8.73. The Morgan fingerprint density at radius 1 is 1.00 bits per heavy atom. The van der Waals surface area contributed by atoms with Crippen LogP contribution in [0.1, 0.15) is 34.3 Å². The minimum absolute atomic E-state index is 0.0747. The zero-order valence-corrected chi connectivity index (χ0v) is 19.6. The molecule has 1 aliphatic rings. The second-order valence-corrected chi connectivity index (χ2v) is 8.98. The molecule has 1 fully saturated rings. The van der Waals surface area contributed by atoms with E-state index in [9.17, 15) is 9.59 Å². The van der Waals surface area contributed by atoms with Crippen molar-refractivity contribution in [2.75, 3.05) is 18.4 Å². The van der Waals surface area contributed by atoms with Gasteiger partial charge in [0.1, 0.15) is 12.4 Å².